The lowest BCUT2D eigenvalue weighted by molar-refractivity contribution is 0.0989. The topological polar surface area (TPSA) is 82.1 Å². The molecule has 0 saturated carbocycles. The molecule has 1 saturated heterocycles. The number of hydrogen-bond acceptors (Lipinski definition) is 5. The summed E-state index contributed by atoms with van der Waals surface area (Å²) in [5.74, 6) is 0. The molecule has 3 rings (SSSR count). The van der Waals surface area contributed by atoms with Gasteiger partial charge in [0.25, 0.3) is 0 Å². The highest BCUT2D eigenvalue weighted by Crippen LogP contribution is 2.29. The summed E-state index contributed by atoms with van der Waals surface area (Å²) < 4.78 is 0. The molecule has 2 aromatic rings. The maximum atomic E-state index is 13.3. The standard InChI is InChI=1S/C24H32ClN4O3/c1-3-7-18(2)27-14-12-21(13-15-27)28(17-19-8-5-4-6-9-19)24(30)26-20-10-11-22(25)23(16-20)29(31)32/h4-6,8-11,16,18,21,31H,3,7,12-15,17H2,1-2H3,(H,26,30)/q-1. The van der Waals surface area contributed by atoms with Crippen molar-refractivity contribution in [2.24, 2.45) is 0 Å². The summed E-state index contributed by atoms with van der Waals surface area (Å²) in [5, 5.41) is 23.2. The number of amides is 2. The van der Waals surface area contributed by atoms with Crippen molar-refractivity contribution in [3.05, 3.63) is 64.3 Å². The third kappa shape index (κ3) is 6.36. The number of urea groups is 1. The highest BCUT2D eigenvalue weighted by Gasteiger charge is 2.29. The van der Waals surface area contributed by atoms with Gasteiger partial charge in [0.1, 0.15) is 0 Å². The number of likely N-dealkylation sites (tertiary alicyclic amines) is 1. The van der Waals surface area contributed by atoms with Crippen molar-refractivity contribution in [3.8, 4) is 0 Å². The number of carbonyl (C=O) groups excluding carboxylic acids is 1. The van der Waals surface area contributed by atoms with Gasteiger partial charge in [0.15, 0.2) is 0 Å². The molecule has 0 aliphatic carbocycles. The fourth-order valence-electron chi connectivity index (χ4n) is 4.32. The van der Waals surface area contributed by atoms with E-state index in [9.17, 15) is 15.2 Å². The summed E-state index contributed by atoms with van der Waals surface area (Å²) in [6.45, 7) is 6.91. The second-order valence-electron chi connectivity index (χ2n) is 8.39. The number of carbonyl (C=O) groups is 1. The molecule has 174 valence electrons. The Labute approximate surface area is 195 Å². The zero-order chi connectivity index (χ0) is 23.1. The highest BCUT2D eigenvalue weighted by molar-refractivity contribution is 6.33. The first kappa shape index (κ1) is 24.3. The molecule has 2 aromatic carbocycles. The second-order valence-corrected chi connectivity index (χ2v) is 8.79. The molecule has 8 heteroatoms. The minimum Gasteiger partial charge on any atom is -0.733 e. The first-order chi connectivity index (χ1) is 15.4. The summed E-state index contributed by atoms with van der Waals surface area (Å²) >= 11 is 5.95. The van der Waals surface area contributed by atoms with Gasteiger partial charge < -0.3 is 25.6 Å². The van der Waals surface area contributed by atoms with Gasteiger partial charge in [-0.1, -0.05) is 55.3 Å². The van der Waals surface area contributed by atoms with E-state index in [-0.39, 0.29) is 28.0 Å². The van der Waals surface area contributed by atoms with Crippen molar-refractivity contribution in [1.29, 1.82) is 0 Å². The molecule has 7 nitrogen and oxygen atoms in total. The van der Waals surface area contributed by atoms with Crippen molar-refractivity contribution in [2.75, 3.05) is 23.6 Å². The van der Waals surface area contributed by atoms with Crippen LogP contribution in [0.1, 0.15) is 45.1 Å². The lowest BCUT2D eigenvalue weighted by Gasteiger charge is -2.40. The number of nitrogens with zero attached hydrogens (tertiary/aromatic N) is 3. The van der Waals surface area contributed by atoms with Crippen LogP contribution in [-0.2, 0) is 6.54 Å². The predicted octanol–water partition coefficient (Wildman–Crippen LogP) is 5.72. The van der Waals surface area contributed by atoms with Gasteiger partial charge in [-0.2, -0.15) is 0 Å². The smallest absolute Gasteiger partial charge is 0.322 e. The van der Waals surface area contributed by atoms with Crippen LogP contribution in [0.15, 0.2) is 48.5 Å². The van der Waals surface area contributed by atoms with Crippen molar-refractivity contribution < 1.29 is 10.0 Å². The fraction of sp³-hybridized carbons (Fsp3) is 0.458. The minimum atomic E-state index is -0.299. The van der Waals surface area contributed by atoms with Crippen LogP contribution >= 0.6 is 11.6 Å². The van der Waals surface area contributed by atoms with Crippen LogP contribution in [0.4, 0.5) is 16.2 Å². The van der Waals surface area contributed by atoms with E-state index in [0.29, 0.717) is 18.3 Å². The van der Waals surface area contributed by atoms with Gasteiger partial charge in [0.2, 0.25) is 0 Å². The molecule has 0 bridgehead atoms. The summed E-state index contributed by atoms with van der Waals surface area (Å²) in [4.78, 5) is 17.7. The maximum absolute atomic E-state index is 13.3. The van der Waals surface area contributed by atoms with Crippen LogP contribution < -0.4 is 10.5 Å². The van der Waals surface area contributed by atoms with Crippen LogP contribution in [0.3, 0.4) is 0 Å². The number of benzene rings is 2. The van der Waals surface area contributed by atoms with Crippen molar-refractivity contribution in [1.82, 2.24) is 9.80 Å². The third-order valence-electron chi connectivity index (χ3n) is 6.13. The van der Waals surface area contributed by atoms with E-state index in [1.54, 1.807) is 6.07 Å². The number of halogens is 1. The molecule has 1 heterocycles. The van der Waals surface area contributed by atoms with Gasteiger partial charge in [-0.25, -0.2) is 4.79 Å². The van der Waals surface area contributed by atoms with Gasteiger partial charge >= 0.3 is 6.03 Å². The third-order valence-corrected chi connectivity index (χ3v) is 6.45. The lowest BCUT2D eigenvalue weighted by atomic mass is 10.00. The van der Waals surface area contributed by atoms with E-state index in [1.807, 2.05) is 35.2 Å². The molecule has 1 aliphatic heterocycles. The Morgan fingerprint density at radius 2 is 1.94 bits per heavy atom. The predicted molar refractivity (Wildman–Crippen MR) is 129 cm³/mol. The molecule has 0 aromatic heterocycles. The van der Waals surface area contributed by atoms with Crippen molar-refractivity contribution >= 4 is 29.0 Å². The SMILES string of the molecule is CCCC(C)N1CCC(N(Cc2ccccc2)C(=O)Nc2ccc(Cl)c(N([O-])O)c2)CC1. The number of rotatable bonds is 8. The number of anilines is 2. The zero-order valence-corrected chi connectivity index (χ0v) is 19.5. The molecular weight excluding hydrogens is 428 g/mol. The average Bonchev–Trinajstić information content (AvgIpc) is 2.79. The zero-order valence-electron chi connectivity index (χ0n) is 18.7. The Kier molecular flexibility index (Phi) is 8.75. The summed E-state index contributed by atoms with van der Waals surface area (Å²) in [6, 6.07) is 14.8. The second kappa shape index (κ2) is 11.5. The Hall–Kier alpha value is -2.32. The van der Waals surface area contributed by atoms with Crippen LogP contribution in [-0.4, -0.2) is 46.2 Å². The Morgan fingerprint density at radius 3 is 2.56 bits per heavy atom. The maximum Gasteiger partial charge on any atom is 0.322 e. The normalized spacial score (nSPS) is 15.9. The van der Waals surface area contributed by atoms with Crippen molar-refractivity contribution in [2.45, 2.75) is 58.2 Å². The number of piperidine rings is 1. The van der Waals surface area contributed by atoms with Gasteiger partial charge in [0, 0.05) is 37.4 Å². The minimum absolute atomic E-state index is 0.107. The average molecular weight is 460 g/mol. The van der Waals surface area contributed by atoms with Gasteiger partial charge in [-0.15, -0.1) is 0 Å². The van der Waals surface area contributed by atoms with E-state index in [1.165, 1.54) is 25.0 Å². The van der Waals surface area contributed by atoms with Crippen LogP contribution in [0.25, 0.3) is 0 Å². The van der Waals surface area contributed by atoms with Crippen LogP contribution in [0.5, 0.6) is 0 Å². The Bertz CT molecular complexity index is 873. The summed E-state index contributed by atoms with van der Waals surface area (Å²) in [5.41, 5.74) is 1.34. The molecule has 0 radical (unpaired) electrons. The molecule has 1 aliphatic rings. The van der Waals surface area contributed by atoms with Crippen molar-refractivity contribution in [3.63, 3.8) is 0 Å². The number of hydrogen-bond donors (Lipinski definition) is 2. The van der Waals surface area contributed by atoms with Crippen LogP contribution in [0.2, 0.25) is 5.02 Å². The molecule has 32 heavy (non-hydrogen) atoms. The molecule has 0 spiro atoms. The fourth-order valence-corrected chi connectivity index (χ4v) is 4.51. The summed E-state index contributed by atoms with van der Waals surface area (Å²) in [7, 11) is 0. The van der Waals surface area contributed by atoms with Gasteiger partial charge in [-0.05, 0) is 49.9 Å². The first-order valence-electron chi connectivity index (χ1n) is 11.2. The van der Waals surface area contributed by atoms with E-state index >= 15 is 0 Å². The lowest BCUT2D eigenvalue weighted by Crippen LogP contribution is -2.50. The van der Waals surface area contributed by atoms with E-state index in [2.05, 4.69) is 24.1 Å². The van der Waals surface area contributed by atoms with E-state index in [0.717, 1.165) is 31.5 Å². The highest BCUT2D eigenvalue weighted by atomic mass is 35.5. The van der Waals surface area contributed by atoms with Crippen LogP contribution in [0, 0.1) is 5.21 Å². The van der Waals surface area contributed by atoms with E-state index < -0.39 is 0 Å². The molecule has 2 amide bonds. The van der Waals surface area contributed by atoms with E-state index in [4.69, 9.17) is 11.6 Å². The first-order valence-corrected chi connectivity index (χ1v) is 11.6. The molecular formula is C24H32ClN4O3-. The molecule has 1 unspecified atom stereocenters. The van der Waals surface area contributed by atoms with Gasteiger partial charge in [0.05, 0.1) is 10.7 Å². The molecule has 2 N–H and O–H groups in total. The monoisotopic (exact) mass is 459 g/mol. The molecule has 1 atom stereocenters. The quantitative estimate of drug-likeness (QED) is 0.493. The van der Waals surface area contributed by atoms with Gasteiger partial charge in [-0.3, -0.25) is 5.21 Å². The Balaban J connectivity index is 1.74. The summed E-state index contributed by atoms with van der Waals surface area (Å²) in [6.07, 6.45) is 4.16. The molecule has 1 fully saturated rings. The Morgan fingerprint density at radius 1 is 1.25 bits per heavy atom. The largest absolute Gasteiger partial charge is 0.733 e. The number of nitrogens with one attached hydrogen (secondary N) is 1.